The fraction of sp³-hybridized carbons (Fsp3) is 0.500. The Morgan fingerprint density at radius 2 is 2.15 bits per heavy atom. The number of aromatic nitrogens is 2. The number of carbonyl (C=O) groups is 1. The Kier molecular flexibility index (Phi) is 5.51. The van der Waals surface area contributed by atoms with Crippen molar-refractivity contribution in [2.24, 2.45) is 0 Å². The minimum absolute atomic E-state index is 0.169. The topological polar surface area (TPSA) is 58.1 Å². The van der Waals surface area contributed by atoms with E-state index in [2.05, 4.69) is 22.1 Å². The fourth-order valence-corrected chi connectivity index (χ4v) is 2.04. The van der Waals surface area contributed by atoms with Gasteiger partial charge in [-0.2, -0.15) is 0 Å². The summed E-state index contributed by atoms with van der Waals surface area (Å²) in [6.45, 7) is 12.7. The van der Waals surface area contributed by atoms with Gasteiger partial charge in [0.1, 0.15) is 0 Å². The first-order valence-corrected chi connectivity index (χ1v) is 6.88. The standard InChI is InChI=1S/C14H21ClN4O/c1-6-8-19(7-2)13(20)16-11-9-10(14(3,4)5)12(15)18-17-11/h6,9H,1,7-8H2,2-5H3,(H,16,17,20). The van der Waals surface area contributed by atoms with E-state index in [9.17, 15) is 4.79 Å². The lowest BCUT2D eigenvalue weighted by Gasteiger charge is -2.22. The molecule has 1 aromatic rings. The Morgan fingerprint density at radius 1 is 1.50 bits per heavy atom. The molecule has 110 valence electrons. The van der Waals surface area contributed by atoms with Gasteiger partial charge in [0.25, 0.3) is 0 Å². The van der Waals surface area contributed by atoms with Gasteiger partial charge in [-0.05, 0) is 18.4 Å². The molecule has 1 aromatic heterocycles. The molecule has 0 unspecified atom stereocenters. The van der Waals surface area contributed by atoms with Crippen LogP contribution in [-0.2, 0) is 5.41 Å². The van der Waals surface area contributed by atoms with Crippen LogP contribution in [0, 0.1) is 0 Å². The maximum absolute atomic E-state index is 12.0. The second-order valence-corrected chi connectivity index (χ2v) is 5.80. The molecule has 0 spiro atoms. The molecule has 0 saturated heterocycles. The van der Waals surface area contributed by atoms with Crippen molar-refractivity contribution < 1.29 is 4.79 Å². The zero-order valence-electron chi connectivity index (χ0n) is 12.4. The van der Waals surface area contributed by atoms with Crippen LogP contribution in [0.25, 0.3) is 0 Å². The summed E-state index contributed by atoms with van der Waals surface area (Å²) >= 11 is 6.05. The van der Waals surface area contributed by atoms with Crippen molar-refractivity contribution in [1.82, 2.24) is 15.1 Å². The monoisotopic (exact) mass is 296 g/mol. The minimum Gasteiger partial charge on any atom is -0.321 e. The molecule has 20 heavy (non-hydrogen) atoms. The second-order valence-electron chi connectivity index (χ2n) is 5.44. The molecule has 5 nitrogen and oxygen atoms in total. The molecular weight excluding hydrogens is 276 g/mol. The number of anilines is 1. The van der Waals surface area contributed by atoms with Crippen molar-refractivity contribution in [1.29, 1.82) is 0 Å². The first kappa shape index (κ1) is 16.4. The molecule has 0 fully saturated rings. The zero-order chi connectivity index (χ0) is 15.3. The predicted octanol–water partition coefficient (Wildman–Crippen LogP) is 3.47. The summed E-state index contributed by atoms with van der Waals surface area (Å²) in [5, 5.41) is 10.9. The van der Waals surface area contributed by atoms with E-state index >= 15 is 0 Å². The van der Waals surface area contributed by atoms with Crippen molar-refractivity contribution in [2.45, 2.75) is 33.1 Å². The number of nitrogens with zero attached hydrogens (tertiary/aromatic N) is 3. The molecule has 0 atom stereocenters. The normalized spacial score (nSPS) is 11.1. The van der Waals surface area contributed by atoms with Crippen LogP contribution in [0.4, 0.5) is 10.6 Å². The molecule has 0 aliphatic rings. The third kappa shape index (κ3) is 4.20. The largest absolute Gasteiger partial charge is 0.323 e. The Hall–Kier alpha value is -1.62. The van der Waals surface area contributed by atoms with Gasteiger partial charge in [0, 0.05) is 18.7 Å². The molecule has 0 aromatic carbocycles. The highest BCUT2D eigenvalue weighted by molar-refractivity contribution is 6.30. The summed E-state index contributed by atoms with van der Waals surface area (Å²) < 4.78 is 0. The number of nitrogens with one attached hydrogen (secondary N) is 1. The third-order valence-electron chi connectivity index (χ3n) is 2.81. The summed E-state index contributed by atoms with van der Waals surface area (Å²) in [7, 11) is 0. The highest BCUT2D eigenvalue weighted by Crippen LogP contribution is 2.28. The minimum atomic E-state index is -0.233. The van der Waals surface area contributed by atoms with Crippen LogP contribution in [0.2, 0.25) is 5.15 Å². The predicted molar refractivity (Wildman–Crippen MR) is 82.2 cm³/mol. The van der Waals surface area contributed by atoms with Crippen molar-refractivity contribution in [3.05, 3.63) is 29.4 Å². The van der Waals surface area contributed by atoms with E-state index < -0.39 is 0 Å². The SMILES string of the molecule is C=CCN(CC)C(=O)Nc1cc(C(C)(C)C)c(Cl)nn1. The lowest BCUT2D eigenvalue weighted by atomic mass is 9.88. The molecule has 1 rings (SSSR count). The van der Waals surface area contributed by atoms with Crippen molar-refractivity contribution in [3.8, 4) is 0 Å². The summed E-state index contributed by atoms with van der Waals surface area (Å²) in [4.78, 5) is 13.7. The van der Waals surface area contributed by atoms with Crippen molar-refractivity contribution >= 4 is 23.4 Å². The number of carbonyl (C=O) groups excluding carboxylic acids is 1. The third-order valence-corrected chi connectivity index (χ3v) is 3.09. The van der Waals surface area contributed by atoms with E-state index in [1.165, 1.54) is 0 Å². The number of likely N-dealkylation sites (N-methyl/N-ethyl adjacent to an activating group) is 1. The molecule has 0 aliphatic heterocycles. The first-order chi connectivity index (χ1) is 9.29. The first-order valence-electron chi connectivity index (χ1n) is 6.50. The lowest BCUT2D eigenvalue weighted by Crippen LogP contribution is -2.35. The van der Waals surface area contributed by atoms with E-state index in [1.54, 1.807) is 17.0 Å². The molecule has 0 radical (unpaired) electrons. The van der Waals surface area contributed by atoms with E-state index in [-0.39, 0.29) is 11.4 Å². The van der Waals surface area contributed by atoms with Crippen LogP contribution in [0.3, 0.4) is 0 Å². The van der Waals surface area contributed by atoms with Gasteiger partial charge in [-0.1, -0.05) is 38.4 Å². The van der Waals surface area contributed by atoms with Gasteiger partial charge in [0.15, 0.2) is 11.0 Å². The Balaban J connectivity index is 2.93. The van der Waals surface area contributed by atoms with E-state index in [1.807, 2.05) is 27.7 Å². The average molecular weight is 297 g/mol. The molecule has 1 N–H and O–H groups in total. The van der Waals surface area contributed by atoms with Gasteiger partial charge in [0.2, 0.25) is 0 Å². The number of amides is 2. The Morgan fingerprint density at radius 3 is 2.65 bits per heavy atom. The van der Waals surface area contributed by atoms with E-state index in [4.69, 9.17) is 11.6 Å². The highest BCUT2D eigenvalue weighted by atomic mass is 35.5. The fourth-order valence-electron chi connectivity index (χ4n) is 1.66. The van der Waals surface area contributed by atoms with Gasteiger partial charge in [-0.25, -0.2) is 4.79 Å². The van der Waals surface area contributed by atoms with Crippen molar-refractivity contribution in [3.63, 3.8) is 0 Å². The van der Waals surface area contributed by atoms with Crippen LogP contribution in [0.1, 0.15) is 33.3 Å². The zero-order valence-corrected chi connectivity index (χ0v) is 13.2. The number of halogens is 1. The quantitative estimate of drug-likeness (QED) is 0.866. The molecule has 6 heteroatoms. The van der Waals surface area contributed by atoms with Crippen molar-refractivity contribution in [2.75, 3.05) is 18.4 Å². The van der Waals surface area contributed by atoms with E-state index in [0.29, 0.717) is 24.1 Å². The average Bonchev–Trinajstić information content (AvgIpc) is 2.36. The maximum atomic E-state index is 12.0. The summed E-state index contributed by atoms with van der Waals surface area (Å²) in [6, 6.07) is 1.53. The maximum Gasteiger partial charge on any atom is 0.323 e. The van der Waals surface area contributed by atoms with Crippen LogP contribution >= 0.6 is 11.6 Å². The summed E-state index contributed by atoms with van der Waals surface area (Å²) in [5.41, 5.74) is 0.675. The van der Waals surface area contributed by atoms with Crippen LogP contribution in [-0.4, -0.2) is 34.2 Å². The smallest absolute Gasteiger partial charge is 0.321 e. The van der Waals surface area contributed by atoms with Gasteiger partial charge in [0.05, 0.1) is 0 Å². The van der Waals surface area contributed by atoms with Crippen LogP contribution in [0.5, 0.6) is 0 Å². The number of urea groups is 1. The molecule has 0 bridgehead atoms. The highest BCUT2D eigenvalue weighted by Gasteiger charge is 2.20. The lowest BCUT2D eigenvalue weighted by molar-refractivity contribution is 0.219. The van der Waals surface area contributed by atoms with Gasteiger partial charge >= 0.3 is 6.03 Å². The number of hydrogen-bond acceptors (Lipinski definition) is 3. The Bertz CT molecular complexity index is 496. The summed E-state index contributed by atoms with van der Waals surface area (Å²) in [5.74, 6) is 0.395. The molecule has 0 aliphatic carbocycles. The molecule has 2 amide bonds. The van der Waals surface area contributed by atoms with Gasteiger partial charge < -0.3 is 4.90 Å². The van der Waals surface area contributed by atoms with Gasteiger partial charge in [-0.15, -0.1) is 16.8 Å². The van der Waals surface area contributed by atoms with Crippen LogP contribution < -0.4 is 5.32 Å². The summed E-state index contributed by atoms with van der Waals surface area (Å²) in [6.07, 6.45) is 1.68. The molecular formula is C14H21ClN4O. The molecule has 1 heterocycles. The second kappa shape index (κ2) is 6.70. The Labute approximate surface area is 125 Å². The van der Waals surface area contributed by atoms with Gasteiger partial charge in [-0.3, -0.25) is 5.32 Å². The molecule has 0 saturated carbocycles. The van der Waals surface area contributed by atoms with E-state index in [0.717, 1.165) is 5.56 Å². The number of hydrogen-bond donors (Lipinski definition) is 1. The van der Waals surface area contributed by atoms with Crippen LogP contribution in [0.15, 0.2) is 18.7 Å². The number of rotatable bonds is 4.